The summed E-state index contributed by atoms with van der Waals surface area (Å²) in [5.41, 5.74) is -0.171. The van der Waals surface area contributed by atoms with Crippen LogP contribution in [0.5, 0.6) is 0 Å². The topological polar surface area (TPSA) is 90.8 Å². The van der Waals surface area contributed by atoms with Crippen LogP contribution in [-0.4, -0.2) is 51.6 Å². The van der Waals surface area contributed by atoms with E-state index in [9.17, 15) is 13.5 Å². The first-order valence-corrected chi connectivity index (χ1v) is 11.5. The molecule has 1 atom stereocenters. The number of sulfone groups is 1. The molecule has 3 rings (SSSR count). The number of thiophene rings is 1. The van der Waals surface area contributed by atoms with Gasteiger partial charge in [0.15, 0.2) is 5.96 Å². The van der Waals surface area contributed by atoms with Gasteiger partial charge in [-0.1, -0.05) is 18.2 Å². The average Bonchev–Trinajstić information content (AvgIpc) is 3.19. The molecule has 1 saturated carbocycles. The van der Waals surface area contributed by atoms with E-state index in [-0.39, 0.29) is 35.1 Å². The second kappa shape index (κ2) is 9.06. The minimum Gasteiger partial charge on any atom is -0.386 e. The highest BCUT2D eigenvalue weighted by molar-refractivity contribution is 14.0. The number of guanidine groups is 1. The fourth-order valence-corrected chi connectivity index (χ4v) is 5.61. The van der Waals surface area contributed by atoms with Crippen LogP contribution in [0.1, 0.15) is 23.8 Å². The fraction of sp³-hybridized carbons (Fsp3) is 0.500. The van der Waals surface area contributed by atoms with Gasteiger partial charge in [-0.25, -0.2) is 8.42 Å². The van der Waals surface area contributed by atoms with Crippen LogP contribution >= 0.6 is 35.3 Å². The predicted molar refractivity (Wildman–Crippen MR) is 123 cm³/mol. The van der Waals surface area contributed by atoms with Crippen molar-refractivity contribution in [1.29, 1.82) is 0 Å². The van der Waals surface area contributed by atoms with Crippen molar-refractivity contribution in [2.45, 2.75) is 18.9 Å². The van der Waals surface area contributed by atoms with Crippen LogP contribution in [0, 0.1) is 5.41 Å². The lowest BCUT2D eigenvalue weighted by atomic mass is 10.1. The Morgan fingerprint density at radius 3 is 2.63 bits per heavy atom. The molecule has 27 heavy (non-hydrogen) atoms. The van der Waals surface area contributed by atoms with Crippen molar-refractivity contribution in [2.24, 2.45) is 10.4 Å². The van der Waals surface area contributed by atoms with E-state index in [1.165, 1.54) is 6.26 Å². The first-order valence-electron chi connectivity index (χ1n) is 8.59. The maximum Gasteiger partial charge on any atom is 0.191 e. The molecule has 0 bridgehead atoms. The quantitative estimate of drug-likeness (QED) is 0.295. The summed E-state index contributed by atoms with van der Waals surface area (Å²) < 4.78 is 24.2. The van der Waals surface area contributed by atoms with Crippen LogP contribution in [0.2, 0.25) is 0 Å². The smallest absolute Gasteiger partial charge is 0.191 e. The number of halogens is 1. The minimum absolute atomic E-state index is 0. The Morgan fingerprint density at radius 1 is 1.33 bits per heavy atom. The first-order chi connectivity index (χ1) is 12.3. The molecule has 1 aromatic carbocycles. The van der Waals surface area contributed by atoms with Gasteiger partial charge in [0.25, 0.3) is 0 Å². The molecule has 1 aliphatic rings. The SMILES string of the molecule is CN=C(NCC(O)c1cc2ccccc2s1)NCC1(CS(C)(=O)=O)CC1.I. The van der Waals surface area contributed by atoms with E-state index in [1.807, 2.05) is 30.3 Å². The minimum atomic E-state index is -2.99. The van der Waals surface area contributed by atoms with Crippen molar-refractivity contribution in [3.63, 3.8) is 0 Å². The number of benzene rings is 1. The van der Waals surface area contributed by atoms with E-state index in [1.54, 1.807) is 18.4 Å². The van der Waals surface area contributed by atoms with Gasteiger partial charge in [0.2, 0.25) is 0 Å². The predicted octanol–water partition coefficient (Wildman–Crippen LogP) is 2.54. The largest absolute Gasteiger partial charge is 0.386 e. The molecular formula is C18H26IN3O3S2. The molecule has 0 spiro atoms. The Labute approximate surface area is 181 Å². The highest BCUT2D eigenvalue weighted by Crippen LogP contribution is 2.46. The second-order valence-corrected chi connectivity index (χ2v) is 10.3. The summed E-state index contributed by atoms with van der Waals surface area (Å²) in [4.78, 5) is 5.07. The third kappa shape index (κ3) is 6.30. The van der Waals surface area contributed by atoms with Gasteiger partial charge in [0, 0.05) is 41.4 Å². The number of rotatable bonds is 7. The molecule has 6 nitrogen and oxygen atoms in total. The molecule has 1 unspecified atom stereocenters. The van der Waals surface area contributed by atoms with E-state index >= 15 is 0 Å². The molecule has 0 amide bonds. The average molecular weight is 523 g/mol. The number of aliphatic imine (C=N–C) groups is 1. The summed E-state index contributed by atoms with van der Waals surface area (Å²) in [5, 5.41) is 17.9. The van der Waals surface area contributed by atoms with Gasteiger partial charge in [0.05, 0.1) is 5.75 Å². The summed E-state index contributed by atoms with van der Waals surface area (Å²) in [5.74, 6) is 0.777. The Hall–Kier alpha value is -0.910. The molecule has 0 radical (unpaired) electrons. The molecule has 1 aliphatic carbocycles. The normalized spacial score (nSPS) is 17.2. The van der Waals surface area contributed by atoms with Crippen molar-refractivity contribution in [2.75, 3.05) is 32.1 Å². The van der Waals surface area contributed by atoms with Crippen molar-refractivity contribution in [1.82, 2.24) is 10.6 Å². The molecule has 9 heteroatoms. The zero-order valence-electron chi connectivity index (χ0n) is 15.4. The van der Waals surface area contributed by atoms with Gasteiger partial charge in [-0.3, -0.25) is 4.99 Å². The molecule has 0 saturated heterocycles. The number of aliphatic hydroxyl groups excluding tert-OH is 1. The molecule has 1 heterocycles. The fourth-order valence-electron chi connectivity index (χ4n) is 3.06. The Bertz CT molecular complexity index is 874. The van der Waals surface area contributed by atoms with Crippen molar-refractivity contribution in [3.8, 4) is 0 Å². The number of nitrogens with zero attached hydrogens (tertiary/aromatic N) is 1. The summed E-state index contributed by atoms with van der Waals surface area (Å²) in [6.07, 6.45) is 2.47. The maximum absolute atomic E-state index is 11.5. The van der Waals surface area contributed by atoms with E-state index in [2.05, 4.69) is 15.6 Å². The number of hydrogen-bond donors (Lipinski definition) is 3. The third-order valence-corrected chi connectivity index (χ3v) is 6.97. The molecule has 1 fully saturated rings. The van der Waals surface area contributed by atoms with Gasteiger partial charge in [-0.2, -0.15) is 0 Å². The number of aliphatic hydroxyl groups is 1. The Morgan fingerprint density at radius 2 is 2.04 bits per heavy atom. The van der Waals surface area contributed by atoms with E-state index in [0.717, 1.165) is 27.8 Å². The molecule has 3 N–H and O–H groups in total. The van der Waals surface area contributed by atoms with E-state index in [0.29, 0.717) is 19.0 Å². The van der Waals surface area contributed by atoms with Crippen molar-refractivity contribution < 1.29 is 13.5 Å². The number of fused-ring (bicyclic) bond motifs is 1. The Balaban J connectivity index is 0.00000261. The highest BCUT2D eigenvalue weighted by Gasteiger charge is 2.45. The highest BCUT2D eigenvalue weighted by atomic mass is 127. The van der Waals surface area contributed by atoms with Gasteiger partial charge < -0.3 is 15.7 Å². The first kappa shape index (κ1) is 22.4. The van der Waals surface area contributed by atoms with Gasteiger partial charge >= 0.3 is 0 Å². The molecule has 0 aliphatic heterocycles. The molecule has 2 aromatic rings. The van der Waals surface area contributed by atoms with Crippen LogP contribution in [0.25, 0.3) is 10.1 Å². The lowest BCUT2D eigenvalue weighted by molar-refractivity contribution is 0.184. The van der Waals surface area contributed by atoms with Gasteiger partial charge in [-0.15, -0.1) is 35.3 Å². The lowest BCUT2D eigenvalue weighted by Gasteiger charge is -2.18. The molecule has 150 valence electrons. The maximum atomic E-state index is 11.5. The monoisotopic (exact) mass is 523 g/mol. The van der Waals surface area contributed by atoms with Crippen LogP contribution in [0.15, 0.2) is 35.3 Å². The van der Waals surface area contributed by atoms with Crippen LogP contribution in [0.3, 0.4) is 0 Å². The summed E-state index contributed by atoms with van der Waals surface area (Å²) in [7, 11) is -1.32. The lowest BCUT2D eigenvalue weighted by Crippen LogP contribution is -2.42. The van der Waals surface area contributed by atoms with E-state index < -0.39 is 15.9 Å². The van der Waals surface area contributed by atoms with Gasteiger partial charge in [0.1, 0.15) is 15.9 Å². The zero-order valence-corrected chi connectivity index (χ0v) is 19.4. The number of hydrogen-bond acceptors (Lipinski definition) is 5. The van der Waals surface area contributed by atoms with Crippen molar-refractivity contribution in [3.05, 3.63) is 35.2 Å². The van der Waals surface area contributed by atoms with Crippen LogP contribution in [-0.2, 0) is 9.84 Å². The number of nitrogens with one attached hydrogen (secondary N) is 2. The Kier molecular flexibility index (Phi) is 7.51. The standard InChI is InChI=1S/C18H25N3O3S2.HI/c1-19-17(21-11-18(7-8-18)12-26(2,23)24)20-10-14(22)16-9-13-5-3-4-6-15(13)25-16;/h3-6,9,14,22H,7-8,10-12H2,1-2H3,(H2,19,20,21);1H. The second-order valence-electron chi connectivity index (χ2n) is 7.08. The summed E-state index contributed by atoms with van der Waals surface area (Å²) in [6, 6.07) is 10.1. The van der Waals surface area contributed by atoms with E-state index in [4.69, 9.17) is 0 Å². The molecule has 1 aromatic heterocycles. The summed E-state index contributed by atoms with van der Waals surface area (Å²) >= 11 is 1.58. The van der Waals surface area contributed by atoms with Crippen LogP contribution < -0.4 is 10.6 Å². The zero-order chi connectivity index (χ0) is 18.8. The van der Waals surface area contributed by atoms with Crippen molar-refractivity contribution >= 4 is 61.2 Å². The third-order valence-electron chi connectivity index (χ3n) is 4.62. The van der Waals surface area contributed by atoms with Crippen LogP contribution in [0.4, 0.5) is 0 Å². The van der Waals surface area contributed by atoms with Gasteiger partial charge in [-0.05, 0) is 30.4 Å². The summed E-state index contributed by atoms with van der Waals surface area (Å²) in [6.45, 7) is 0.907. The molecular weight excluding hydrogens is 497 g/mol.